The van der Waals surface area contributed by atoms with Crippen molar-refractivity contribution < 1.29 is 9.53 Å². The summed E-state index contributed by atoms with van der Waals surface area (Å²) in [5.41, 5.74) is 6.10. The van der Waals surface area contributed by atoms with E-state index in [4.69, 9.17) is 10.5 Å². The van der Waals surface area contributed by atoms with Crippen LogP contribution in [0.1, 0.15) is 47.1 Å². The van der Waals surface area contributed by atoms with Crippen LogP contribution in [0.5, 0.6) is 5.75 Å². The molecule has 0 bridgehead atoms. The van der Waals surface area contributed by atoms with Crippen LogP contribution in [0.2, 0.25) is 0 Å². The number of nitrogens with two attached hydrogens (primary N) is 1. The van der Waals surface area contributed by atoms with Gasteiger partial charge in [0, 0.05) is 13.6 Å². The van der Waals surface area contributed by atoms with Crippen LogP contribution in [0.3, 0.4) is 0 Å². The third-order valence-corrected chi connectivity index (χ3v) is 4.26. The van der Waals surface area contributed by atoms with E-state index in [0.717, 1.165) is 11.3 Å². The van der Waals surface area contributed by atoms with Gasteiger partial charge in [0.05, 0.1) is 12.0 Å². The fourth-order valence-corrected chi connectivity index (χ4v) is 2.61. The van der Waals surface area contributed by atoms with Crippen molar-refractivity contribution in [2.45, 2.75) is 47.0 Å². The minimum absolute atomic E-state index is 0.0883. The largest absolute Gasteiger partial charge is 0.493 e. The van der Waals surface area contributed by atoms with Gasteiger partial charge in [0.25, 0.3) is 0 Å². The smallest absolute Gasteiger partial charge is 0.232 e. The summed E-state index contributed by atoms with van der Waals surface area (Å²) in [4.78, 5) is 14.7. The van der Waals surface area contributed by atoms with Gasteiger partial charge in [-0.2, -0.15) is 0 Å². The summed E-state index contributed by atoms with van der Waals surface area (Å²) in [6, 6.07) is 7.85. The lowest BCUT2D eigenvalue weighted by molar-refractivity contribution is -0.136. The third-order valence-electron chi connectivity index (χ3n) is 4.26. The number of hydrogen-bond donors (Lipinski definition) is 1. The summed E-state index contributed by atoms with van der Waals surface area (Å²) in [6.45, 7) is 14.2. The van der Waals surface area contributed by atoms with Crippen molar-refractivity contribution in [3.8, 4) is 5.75 Å². The predicted molar refractivity (Wildman–Crippen MR) is 100 cm³/mol. The Bertz CT molecular complexity index is 533. The summed E-state index contributed by atoms with van der Waals surface area (Å²) in [5, 5.41) is 0. The van der Waals surface area contributed by atoms with Gasteiger partial charge >= 0.3 is 0 Å². The molecule has 0 aliphatic heterocycles. The lowest BCUT2D eigenvalue weighted by Crippen LogP contribution is -2.46. The topological polar surface area (TPSA) is 55.6 Å². The van der Waals surface area contributed by atoms with E-state index >= 15 is 0 Å². The molecular formula is C20H34N2O2. The molecule has 1 amide bonds. The molecule has 136 valence electrons. The molecule has 4 heteroatoms. The van der Waals surface area contributed by atoms with Crippen LogP contribution in [-0.2, 0) is 10.2 Å². The lowest BCUT2D eigenvalue weighted by atomic mass is 9.82. The van der Waals surface area contributed by atoms with Gasteiger partial charge in [-0.1, -0.05) is 39.8 Å². The van der Waals surface area contributed by atoms with Crippen LogP contribution in [0, 0.1) is 11.3 Å². The van der Waals surface area contributed by atoms with Crippen molar-refractivity contribution >= 4 is 5.91 Å². The van der Waals surface area contributed by atoms with E-state index in [0.29, 0.717) is 25.6 Å². The third kappa shape index (κ3) is 5.52. The molecule has 1 aromatic carbocycles. The van der Waals surface area contributed by atoms with Crippen LogP contribution < -0.4 is 10.5 Å². The summed E-state index contributed by atoms with van der Waals surface area (Å²) < 4.78 is 5.71. The number of likely N-dealkylation sites (N-methyl/N-ethyl adjacent to an activating group) is 1. The molecule has 0 fully saturated rings. The highest BCUT2D eigenvalue weighted by Crippen LogP contribution is 2.28. The zero-order chi connectivity index (χ0) is 18.5. The molecule has 0 saturated carbocycles. The monoisotopic (exact) mass is 334 g/mol. The number of rotatable bonds is 8. The summed E-state index contributed by atoms with van der Waals surface area (Å²) >= 11 is 0. The molecule has 4 nitrogen and oxygen atoms in total. The number of benzene rings is 1. The van der Waals surface area contributed by atoms with Crippen LogP contribution >= 0.6 is 0 Å². The molecule has 0 heterocycles. The van der Waals surface area contributed by atoms with Crippen LogP contribution in [0.15, 0.2) is 24.3 Å². The Labute approximate surface area is 147 Å². The normalized spacial score (nSPS) is 12.4. The SMILES string of the molecule is CC(C)COc1ccc(C(C)(C)C(=O)N(C)CC(C)(C)CN)cc1. The second-order valence-electron chi connectivity index (χ2n) is 8.38. The molecule has 0 spiro atoms. The first-order chi connectivity index (χ1) is 11.0. The van der Waals surface area contributed by atoms with E-state index in [1.54, 1.807) is 4.90 Å². The van der Waals surface area contributed by atoms with E-state index in [-0.39, 0.29) is 11.3 Å². The Morgan fingerprint density at radius 2 is 1.71 bits per heavy atom. The van der Waals surface area contributed by atoms with Gasteiger partial charge in [-0.05, 0) is 49.4 Å². The molecule has 0 radical (unpaired) electrons. The quantitative estimate of drug-likeness (QED) is 0.792. The molecule has 0 aliphatic carbocycles. The molecule has 1 rings (SSSR count). The average Bonchev–Trinajstić information content (AvgIpc) is 2.52. The second-order valence-corrected chi connectivity index (χ2v) is 8.38. The van der Waals surface area contributed by atoms with Gasteiger partial charge in [-0.15, -0.1) is 0 Å². The Kier molecular flexibility index (Phi) is 6.85. The number of nitrogens with zero attached hydrogens (tertiary/aromatic N) is 1. The highest BCUT2D eigenvalue weighted by molar-refractivity contribution is 5.87. The molecule has 0 aliphatic rings. The first-order valence-corrected chi connectivity index (χ1v) is 8.68. The number of carbonyl (C=O) groups is 1. The minimum Gasteiger partial charge on any atom is -0.493 e. The Morgan fingerprint density at radius 1 is 1.17 bits per heavy atom. The summed E-state index contributed by atoms with van der Waals surface area (Å²) in [7, 11) is 1.85. The molecule has 0 saturated heterocycles. The van der Waals surface area contributed by atoms with Crippen LogP contribution in [-0.4, -0.2) is 37.6 Å². The van der Waals surface area contributed by atoms with Crippen molar-refractivity contribution in [2.24, 2.45) is 17.1 Å². The van der Waals surface area contributed by atoms with Gasteiger partial charge in [0.15, 0.2) is 0 Å². The van der Waals surface area contributed by atoms with E-state index in [9.17, 15) is 4.79 Å². The highest BCUT2D eigenvalue weighted by atomic mass is 16.5. The molecule has 24 heavy (non-hydrogen) atoms. The predicted octanol–water partition coefficient (Wildman–Crippen LogP) is 3.44. The highest BCUT2D eigenvalue weighted by Gasteiger charge is 2.34. The number of hydrogen-bond acceptors (Lipinski definition) is 3. The van der Waals surface area contributed by atoms with E-state index < -0.39 is 5.41 Å². The maximum absolute atomic E-state index is 12.9. The summed E-state index contributed by atoms with van der Waals surface area (Å²) in [6.07, 6.45) is 0. The number of carbonyl (C=O) groups excluding carboxylic acids is 1. The average molecular weight is 335 g/mol. The zero-order valence-corrected chi connectivity index (χ0v) is 16.3. The maximum atomic E-state index is 12.9. The standard InChI is InChI=1S/C20H34N2O2/c1-15(2)12-24-17-10-8-16(9-11-17)20(5,6)18(23)22(7)14-19(3,4)13-21/h8-11,15H,12-14,21H2,1-7H3. The van der Waals surface area contributed by atoms with Crippen molar-refractivity contribution in [2.75, 3.05) is 26.7 Å². The maximum Gasteiger partial charge on any atom is 0.232 e. The first kappa shape index (κ1) is 20.5. The first-order valence-electron chi connectivity index (χ1n) is 8.68. The summed E-state index contributed by atoms with van der Waals surface area (Å²) in [5.74, 6) is 1.43. The Hall–Kier alpha value is -1.55. The van der Waals surface area contributed by atoms with Crippen molar-refractivity contribution in [3.05, 3.63) is 29.8 Å². The van der Waals surface area contributed by atoms with Crippen LogP contribution in [0.25, 0.3) is 0 Å². The Morgan fingerprint density at radius 3 is 2.17 bits per heavy atom. The van der Waals surface area contributed by atoms with Crippen molar-refractivity contribution in [1.29, 1.82) is 0 Å². The number of amides is 1. The molecule has 0 unspecified atom stereocenters. The van der Waals surface area contributed by atoms with Crippen molar-refractivity contribution in [1.82, 2.24) is 4.90 Å². The molecule has 0 aromatic heterocycles. The van der Waals surface area contributed by atoms with E-state index in [1.165, 1.54) is 0 Å². The van der Waals surface area contributed by atoms with Gasteiger partial charge in [-0.25, -0.2) is 0 Å². The van der Waals surface area contributed by atoms with Gasteiger partial charge in [0.2, 0.25) is 5.91 Å². The van der Waals surface area contributed by atoms with Gasteiger partial charge < -0.3 is 15.4 Å². The minimum atomic E-state index is -0.587. The Balaban J connectivity index is 2.84. The van der Waals surface area contributed by atoms with E-state index in [2.05, 4.69) is 27.7 Å². The fraction of sp³-hybridized carbons (Fsp3) is 0.650. The molecule has 0 atom stereocenters. The van der Waals surface area contributed by atoms with Crippen LogP contribution in [0.4, 0.5) is 0 Å². The van der Waals surface area contributed by atoms with Crippen molar-refractivity contribution in [3.63, 3.8) is 0 Å². The molecule has 2 N–H and O–H groups in total. The zero-order valence-electron chi connectivity index (χ0n) is 16.3. The molecular weight excluding hydrogens is 300 g/mol. The molecule has 1 aromatic rings. The fourth-order valence-electron chi connectivity index (χ4n) is 2.61. The van der Waals surface area contributed by atoms with Gasteiger partial charge in [0.1, 0.15) is 5.75 Å². The lowest BCUT2D eigenvalue weighted by Gasteiger charge is -2.34. The number of ether oxygens (including phenoxy) is 1. The second kappa shape index (κ2) is 8.02. The van der Waals surface area contributed by atoms with E-state index in [1.807, 2.05) is 45.2 Å². The van der Waals surface area contributed by atoms with Gasteiger partial charge in [-0.3, -0.25) is 4.79 Å².